The summed E-state index contributed by atoms with van der Waals surface area (Å²) in [5, 5.41) is 2.65. The van der Waals surface area contributed by atoms with Gasteiger partial charge in [-0.25, -0.2) is 4.79 Å². The summed E-state index contributed by atoms with van der Waals surface area (Å²) in [6.45, 7) is 5.91. The Labute approximate surface area is 101 Å². The van der Waals surface area contributed by atoms with Crippen LogP contribution in [0.4, 0.5) is 4.79 Å². The van der Waals surface area contributed by atoms with Crippen LogP contribution in [0.2, 0.25) is 0 Å². The number of aromatic amines is 1. The van der Waals surface area contributed by atoms with Gasteiger partial charge in [0.15, 0.2) is 6.29 Å². The molecule has 2 N–H and O–H groups in total. The number of alkyl carbamates (subject to hydrolysis) is 1. The fraction of sp³-hybridized carbons (Fsp3) is 0.500. The molecule has 0 fully saturated rings. The first-order chi connectivity index (χ1) is 7.90. The predicted octanol–water partition coefficient (Wildman–Crippen LogP) is 1.89. The molecule has 0 aliphatic rings. The Hall–Kier alpha value is -1.78. The van der Waals surface area contributed by atoms with Crippen LogP contribution in [0.15, 0.2) is 12.1 Å². The van der Waals surface area contributed by atoms with E-state index >= 15 is 0 Å². The number of aldehydes is 1. The number of hydrogen-bond donors (Lipinski definition) is 2. The van der Waals surface area contributed by atoms with Crippen LogP contribution >= 0.6 is 0 Å². The van der Waals surface area contributed by atoms with E-state index in [1.807, 2.05) is 26.8 Å². The topological polar surface area (TPSA) is 71.2 Å². The molecule has 0 bridgehead atoms. The second-order valence-electron chi connectivity index (χ2n) is 4.74. The summed E-state index contributed by atoms with van der Waals surface area (Å²) < 4.78 is 5.09. The van der Waals surface area contributed by atoms with E-state index in [4.69, 9.17) is 4.74 Å². The zero-order valence-corrected chi connectivity index (χ0v) is 10.4. The van der Waals surface area contributed by atoms with Gasteiger partial charge >= 0.3 is 6.09 Å². The van der Waals surface area contributed by atoms with E-state index in [0.29, 0.717) is 18.7 Å². The third-order valence-corrected chi connectivity index (χ3v) is 1.96. The van der Waals surface area contributed by atoms with E-state index in [9.17, 15) is 9.59 Å². The van der Waals surface area contributed by atoms with Crippen molar-refractivity contribution in [3.63, 3.8) is 0 Å². The van der Waals surface area contributed by atoms with Crippen LogP contribution < -0.4 is 5.32 Å². The number of aromatic nitrogens is 1. The molecule has 0 aliphatic heterocycles. The number of ether oxygens (including phenoxy) is 1. The smallest absolute Gasteiger partial charge is 0.407 e. The Balaban J connectivity index is 2.28. The highest BCUT2D eigenvalue weighted by Gasteiger charge is 2.15. The van der Waals surface area contributed by atoms with E-state index < -0.39 is 11.7 Å². The monoisotopic (exact) mass is 238 g/mol. The van der Waals surface area contributed by atoms with Crippen molar-refractivity contribution in [3.05, 3.63) is 23.5 Å². The summed E-state index contributed by atoms with van der Waals surface area (Å²) in [6, 6.07) is 3.52. The summed E-state index contributed by atoms with van der Waals surface area (Å²) >= 11 is 0. The van der Waals surface area contributed by atoms with Crippen LogP contribution in [0.25, 0.3) is 0 Å². The lowest BCUT2D eigenvalue weighted by Crippen LogP contribution is -2.33. The van der Waals surface area contributed by atoms with Crippen LogP contribution in [0, 0.1) is 0 Å². The van der Waals surface area contributed by atoms with Gasteiger partial charge in [-0.1, -0.05) is 0 Å². The molecule has 1 aromatic rings. The summed E-state index contributed by atoms with van der Waals surface area (Å²) in [4.78, 5) is 24.7. The van der Waals surface area contributed by atoms with Gasteiger partial charge in [0.05, 0.1) is 5.69 Å². The number of rotatable bonds is 4. The number of carbonyl (C=O) groups is 2. The molecule has 0 radical (unpaired) electrons. The van der Waals surface area contributed by atoms with Gasteiger partial charge in [0.2, 0.25) is 0 Å². The van der Waals surface area contributed by atoms with Crippen molar-refractivity contribution in [2.24, 2.45) is 0 Å². The lowest BCUT2D eigenvalue weighted by molar-refractivity contribution is 0.0528. The zero-order valence-electron chi connectivity index (χ0n) is 10.4. The Bertz CT molecular complexity index is 391. The number of H-pyrrole nitrogens is 1. The van der Waals surface area contributed by atoms with E-state index in [1.54, 1.807) is 6.07 Å². The molecular weight excluding hydrogens is 220 g/mol. The molecule has 0 aliphatic carbocycles. The SMILES string of the molecule is CC(C)(C)OC(=O)NCCc1ccc(C=O)[nH]1. The molecule has 0 saturated carbocycles. The minimum atomic E-state index is -0.485. The summed E-state index contributed by atoms with van der Waals surface area (Å²) in [6.07, 6.45) is 0.956. The molecule has 0 aromatic carbocycles. The molecule has 94 valence electrons. The van der Waals surface area contributed by atoms with E-state index in [2.05, 4.69) is 10.3 Å². The van der Waals surface area contributed by atoms with Gasteiger partial charge in [-0.2, -0.15) is 0 Å². The van der Waals surface area contributed by atoms with Crippen molar-refractivity contribution in [1.82, 2.24) is 10.3 Å². The molecule has 0 unspecified atom stereocenters. The van der Waals surface area contributed by atoms with Gasteiger partial charge in [-0.3, -0.25) is 4.79 Å². The Kier molecular flexibility index (Phi) is 4.31. The normalized spacial score (nSPS) is 11.0. The highest BCUT2D eigenvalue weighted by molar-refractivity contribution is 5.72. The fourth-order valence-electron chi connectivity index (χ4n) is 1.29. The van der Waals surface area contributed by atoms with Crippen LogP contribution in [-0.2, 0) is 11.2 Å². The van der Waals surface area contributed by atoms with E-state index in [1.165, 1.54) is 0 Å². The largest absolute Gasteiger partial charge is 0.444 e. The van der Waals surface area contributed by atoms with Gasteiger partial charge in [0, 0.05) is 18.7 Å². The quantitative estimate of drug-likeness (QED) is 0.787. The molecule has 1 aromatic heterocycles. The molecule has 1 amide bonds. The average molecular weight is 238 g/mol. The van der Waals surface area contributed by atoms with Crippen molar-refractivity contribution in [3.8, 4) is 0 Å². The third kappa shape index (κ3) is 5.19. The van der Waals surface area contributed by atoms with Crippen LogP contribution in [0.1, 0.15) is 37.0 Å². The molecule has 5 heteroatoms. The van der Waals surface area contributed by atoms with Gasteiger partial charge in [-0.05, 0) is 32.9 Å². The van der Waals surface area contributed by atoms with Crippen molar-refractivity contribution in [2.45, 2.75) is 32.8 Å². The Morgan fingerprint density at radius 2 is 2.18 bits per heavy atom. The number of nitrogens with one attached hydrogen (secondary N) is 2. The molecular formula is C12H18N2O3. The fourth-order valence-corrected chi connectivity index (χ4v) is 1.29. The molecule has 5 nitrogen and oxygen atoms in total. The molecule has 1 rings (SSSR count). The van der Waals surface area contributed by atoms with Crippen LogP contribution in [0.3, 0.4) is 0 Å². The molecule has 1 heterocycles. The second-order valence-corrected chi connectivity index (χ2v) is 4.74. The molecule has 17 heavy (non-hydrogen) atoms. The summed E-state index contributed by atoms with van der Waals surface area (Å²) in [5.74, 6) is 0. The summed E-state index contributed by atoms with van der Waals surface area (Å²) in [5.41, 5.74) is 0.960. The number of hydrogen-bond acceptors (Lipinski definition) is 3. The lowest BCUT2D eigenvalue weighted by atomic mass is 10.2. The number of amides is 1. The Morgan fingerprint density at radius 1 is 1.47 bits per heavy atom. The van der Waals surface area contributed by atoms with Crippen molar-refractivity contribution < 1.29 is 14.3 Å². The van der Waals surface area contributed by atoms with Gasteiger partial charge in [0.1, 0.15) is 5.60 Å². The second kappa shape index (κ2) is 5.52. The van der Waals surface area contributed by atoms with Crippen LogP contribution in [0.5, 0.6) is 0 Å². The van der Waals surface area contributed by atoms with E-state index in [0.717, 1.165) is 12.0 Å². The van der Waals surface area contributed by atoms with Gasteiger partial charge < -0.3 is 15.0 Å². The first-order valence-corrected chi connectivity index (χ1v) is 5.50. The molecule has 0 atom stereocenters. The first-order valence-electron chi connectivity index (χ1n) is 5.50. The zero-order chi connectivity index (χ0) is 12.9. The maximum Gasteiger partial charge on any atom is 0.407 e. The van der Waals surface area contributed by atoms with Gasteiger partial charge in [0.25, 0.3) is 0 Å². The predicted molar refractivity (Wildman–Crippen MR) is 64.1 cm³/mol. The number of carbonyl (C=O) groups excluding carboxylic acids is 2. The van der Waals surface area contributed by atoms with E-state index in [-0.39, 0.29) is 0 Å². The highest BCUT2D eigenvalue weighted by Crippen LogP contribution is 2.06. The van der Waals surface area contributed by atoms with Crippen molar-refractivity contribution >= 4 is 12.4 Å². The van der Waals surface area contributed by atoms with Crippen molar-refractivity contribution in [2.75, 3.05) is 6.54 Å². The minimum Gasteiger partial charge on any atom is -0.444 e. The van der Waals surface area contributed by atoms with Gasteiger partial charge in [-0.15, -0.1) is 0 Å². The first kappa shape index (κ1) is 13.3. The lowest BCUT2D eigenvalue weighted by Gasteiger charge is -2.19. The van der Waals surface area contributed by atoms with Crippen LogP contribution in [-0.4, -0.2) is 29.5 Å². The Morgan fingerprint density at radius 3 is 2.71 bits per heavy atom. The average Bonchev–Trinajstić information content (AvgIpc) is 2.63. The standard InChI is InChI=1S/C12H18N2O3/c1-12(2,3)17-11(16)13-7-6-9-4-5-10(8-15)14-9/h4-5,8,14H,6-7H2,1-3H3,(H,13,16). The summed E-state index contributed by atoms with van der Waals surface area (Å²) in [7, 11) is 0. The molecule has 0 spiro atoms. The third-order valence-electron chi connectivity index (χ3n) is 1.96. The highest BCUT2D eigenvalue weighted by atomic mass is 16.6. The minimum absolute atomic E-state index is 0.431. The maximum atomic E-state index is 11.3. The maximum absolute atomic E-state index is 11.3. The molecule has 0 saturated heterocycles. The van der Waals surface area contributed by atoms with Crippen molar-refractivity contribution in [1.29, 1.82) is 0 Å².